The van der Waals surface area contributed by atoms with Crippen LogP contribution in [0.5, 0.6) is 0 Å². The molecule has 0 aromatic heterocycles. The zero-order chi connectivity index (χ0) is 23.0. The molecule has 0 radical (unpaired) electrons. The Bertz CT molecular complexity index is 501. The van der Waals surface area contributed by atoms with E-state index in [0.29, 0.717) is 39.1 Å². The third kappa shape index (κ3) is 13.6. The molecule has 0 spiro atoms. The smallest absolute Gasteiger partial charge is 0.303 e. The van der Waals surface area contributed by atoms with Gasteiger partial charge in [0.1, 0.15) is 0 Å². The lowest BCUT2D eigenvalue weighted by Crippen LogP contribution is -2.66. The fourth-order valence-corrected chi connectivity index (χ4v) is 3.44. The number of carbonyl (C=O) groups excluding carboxylic acids is 1. The molecule has 11 nitrogen and oxygen atoms in total. The van der Waals surface area contributed by atoms with Crippen molar-refractivity contribution < 1.29 is 14.7 Å². The molecule has 1 rings (SSSR count). The van der Waals surface area contributed by atoms with Crippen molar-refractivity contribution in [2.75, 3.05) is 79.0 Å². The van der Waals surface area contributed by atoms with Gasteiger partial charge in [0.05, 0.1) is 5.54 Å². The van der Waals surface area contributed by atoms with E-state index in [1.54, 1.807) is 0 Å². The van der Waals surface area contributed by atoms with Crippen molar-refractivity contribution in [2.24, 2.45) is 5.73 Å². The first kappa shape index (κ1) is 27.7. The maximum absolute atomic E-state index is 12.6. The van der Waals surface area contributed by atoms with Gasteiger partial charge < -0.3 is 48.1 Å². The van der Waals surface area contributed by atoms with E-state index in [1.807, 2.05) is 14.0 Å². The minimum Gasteiger partial charge on any atom is -0.481 e. The van der Waals surface area contributed by atoms with E-state index in [9.17, 15) is 9.59 Å². The molecule has 182 valence electrons. The summed E-state index contributed by atoms with van der Waals surface area (Å²) in [6, 6.07) is 0. The van der Waals surface area contributed by atoms with E-state index >= 15 is 0 Å². The Morgan fingerprint density at radius 2 is 1.48 bits per heavy atom. The van der Waals surface area contributed by atoms with E-state index in [1.165, 1.54) is 0 Å². The molecule has 0 bridgehead atoms. The van der Waals surface area contributed by atoms with E-state index in [-0.39, 0.29) is 24.3 Å². The lowest BCUT2D eigenvalue weighted by Gasteiger charge is -2.36. The van der Waals surface area contributed by atoms with Crippen LogP contribution in [0.4, 0.5) is 0 Å². The van der Waals surface area contributed by atoms with Crippen LogP contribution in [0, 0.1) is 0 Å². The molecule has 0 saturated carbocycles. The van der Waals surface area contributed by atoms with Gasteiger partial charge in [-0.15, -0.1) is 0 Å². The normalized spacial score (nSPS) is 26.7. The van der Waals surface area contributed by atoms with Crippen molar-refractivity contribution in [3.8, 4) is 0 Å². The van der Waals surface area contributed by atoms with Crippen LogP contribution in [-0.2, 0) is 9.59 Å². The van der Waals surface area contributed by atoms with E-state index < -0.39 is 11.5 Å². The predicted octanol–water partition coefficient (Wildman–Crippen LogP) is -3.01. The summed E-state index contributed by atoms with van der Waals surface area (Å²) >= 11 is 0. The lowest BCUT2D eigenvalue weighted by atomic mass is 9.97. The van der Waals surface area contributed by atoms with Crippen LogP contribution < -0.4 is 43.0 Å². The van der Waals surface area contributed by atoms with E-state index in [2.05, 4.69) is 37.2 Å². The third-order valence-corrected chi connectivity index (χ3v) is 5.16. The number of rotatable bonds is 10. The van der Waals surface area contributed by atoms with Crippen molar-refractivity contribution in [1.29, 1.82) is 0 Å². The predicted molar refractivity (Wildman–Crippen MR) is 123 cm³/mol. The molecule has 1 aliphatic rings. The monoisotopic (exact) mass is 444 g/mol. The van der Waals surface area contributed by atoms with Gasteiger partial charge in [0.25, 0.3) is 0 Å². The Kier molecular flexibility index (Phi) is 13.8. The second kappa shape index (κ2) is 15.5. The number of nitrogens with one attached hydrogen (secondary N) is 7. The summed E-state index contributed by atoms with van der Waals surface area (Å²) in [5.41, 5.74) is 5.46. The van der Waals surface area contributed by atoms with Crippen LogP contribution in [-0.4, -0.2) is 107 Å². The lowest BCUT2D eigenvalue weighted by molar-refractivity contribution is -0.137. The molecule has 11 heteroatoms. The van der Waals surface area contributed by atoms with Crippen molar-refractivity contribution in [3.05, 3.63) is 0 Å². The molecule has 1 saturated heterocycles. The molecule has 10 N–H and O–H groups in total. The van der Waals surface area contributed by atoms with Gasteiger partial charge >= 0.3 is 5.97 Å². The summed E-state index contributed by atoms with van der Waals surface area (Å²) in [7, 11) is 1.90. The van der Waals surface area contributed by atoms with E-state index in [4.69, 9.17) is 10.8 Å². The number of likely N-dealkylation sites (N-methyl/N-ethyl adjacent to an activating group) is 1. The highest BCUT2D eigenvalue weighted by atomic mass is 16.4. The van der Waals surface area contributed by atoms with Gasteiger partial charge in [0, 0.05) is 90.4 Å². The minimum absolute atomic E-state index is 0.00522. The van der Waals surface area contributed by atoms with Crippen LogP contribution in [0.1, 0.15) is 26.2 Å². The third-order valence-electron chi connectivity index (χ3n) is 5.16. The van der Waals surface area contributed by atoms with Crippen molar-refractivity contribution in [3.63, 3.8) is 0 Å². The molecule has 1 heterocycles. The standard InChI is InChI=1S/C20H44N8O3/c1-19(21)12-23-8-10-26-15-20(14-25-7-6-22-2,16-27-11-9-24-13-19)28-17(29)4-3-5-18(30)31/h22-27H,3-16,21H2,1-2H3,(H,28,29)(H,30,31). The Labute approximate surface area is 186 Å². The summed E-state index contributed by atoms with van der Waals surface area (Å²) in [5.74, 6) is -1.01. The number of amides is 1. The summed E-state index contributed by atoms with van der Waals surface area (Å²) in [6.07, 6.45) is 0.522. The highest BCUT2D eigenvalue weighted by Crippen LogP contribution is 2.05. The first-order valence-corrected chi connectivity index (χ1v) is 11.3. The molecule has 0 unspecified atom stereocenters. The number of hydrogen-bond donors (Lipinski definition) is 9. The van der Waals surface area contributed by atoms with Gasteiger partial charge in [-0.1, -0.05) is 0 Å². The molecule has 0 aromatic rings. The van der Waals surface area contributed by atoms with Crippen LogP contribution >= 0.6 is 0 Å². The zero-order valence-electron chi connectivity index (χ0n) is 19.2. The molecular weight excluding hydrogens is 400 g/mol. The van der Waals surface area contributed by atoms with Gasteiger partial charge in [-0.2, -0.15) is 0 Å². The number of carboxylic acid groups (broad SMARTS) is 1. The SMILES string of the molecule is CNCCNCC1(NC(=O)CCCC(=O)O)CNCCNCC(C)(N)CNCCNC1. The molecule has 1 aliphatic heterocycles. The van der Waals surface area contributed by atoms with Crippen LogP contribution in [0.3, 0.4) is 0 Å². The quantitative estimate of drug-likeness (QED) is 0.159. The first-order chi connectivity index (χ1) is 14.8. The highest BCUT2D eigenvalue weighted by Gasteiger charge is 2.31. The van der Waals surface area contributed by atoms with Crippen molar-refractivity contribution in [1.82, 2.24) is 37.2 Å². The maximum atomic E-state index is 12.6. The summed E-state index contributed by atoms with van der Waals surface area (Å²) in [4.78, 5) is 23.4. The van der Waals surface area contributed by atoms with Gasteiger partial charge in [0.2, 0.25) is 5.91 Å². The average Bonchev–Trinajstić information content (AvgIpc) is 2.69. The number of aliphatic carboxylic acids is 1. The Morgan fingerprint density at radius 3 is 2.00 bits per heavy atom. The second-order valence-electron chi connectivity index (χ2n) is 8.72. The van der Waals surface area contributed by atoms with Gasteiger partial charge in [-0.25, -0.2) is 0 Å². The summed E-state index contributed by atoms with van der Waals surface area (Å²) < 4.78 is 0. The van der Waals surface area contributed by atoms with Crippen LogP contribution in [0.2, 0.25) is 0 Å². The van der Waals surface area contributed by atoms with Crippen molar-refractivity contribution >= 4 is 11.9 Å². The second-order valence-corrected chi connectivity index (χ2v) is 8.72. The zero-order valence-corrected chi connectivity index (χ0v) is 19.2. The number of hydrogen-bond acceptors (Lipinski definition) is 9. The number of carbonyl (C=O) groups is 2. The average molecular weight is 445 g/mol. The molecule has 0 aliphatic carbocycles. The highest BCUT2D eigenvalue weighted by molar-refractivity contribution is 5.77. The van der Waals surface area contributed by atoms with E-state index in [0.717, 1.165) is 39.3 Å². The molecule has 1 fully saturated rings. The van der Waals surface area contributed by atoms with Crippen molar-refractivity contribution in [2.45, 2.75) is 37.3 Å². The number of nitrogens with two attached hydrogens (primary N) is 1. The fourth-order valence-electron chi connectivity index (χ4n) is 3.44. The maximum Gasteiger partial charge on any atom is 0.303 e. The Morgan fingerprint density at radius 1 is 0.935 bits per heavy atom. The molecule has 0 aromatic carbocycles. The Hall–Kier alpha value is -1.34. The molecule has 1 amide bonds. The van der Waals surface area contributed by atoms with Gasteiger partial charge in [-0.05, 0) is 20.4 Å². The van der Waals surface area contributed by atoms with Crippen LogP contribution in [0.25, 0.3) is 0 Å². The fraction of sp³-hybridized carbons (Fsp3) is 0.900. The number of carboxylic acids is 1. The van der Waals surface area contributed by atoms with Gasteiger partial charge in [-0.3, -0.25) is 9.59 Å². The van der Waals surface area contributed by atoms with Gasteiger partial charge in [0.15, 0.2) is 0 Å². The molecular formula is C20H44N8O3. The van der Waals surface area contributed by atoms with Crippen LogP contribution in [0.15, 0.2) is 0 Å². The summed E-state index contributed by atoms with van der Waals surface area (Å²) in [5, 5.41) is 32.2. The first-order valence-electron chi connectivity index (χ1n) is 11.3. The molecule has 31 heavy (non-hydrogen) atoms. The topological polar surface area (TPSA) is 165 Å². The minimum atomic E-state index is -0.883. The molecule has 0 atom stereocenters. The summed E-state index contributed by atoms with van der Waals surface area (Å²) in [6.45, 7) is 9.89. The largest absolute Gasteiger partial charge is 0.481 e. The Balaban J connectivity index is 2.75.